The van der Waals surface area contributed by atoms with Gasteiger partial charge in [-0.15, -0.1) is 0 Å². The molecule has 0 radical (unpaired) electrons. The van der Waals surface area contributed by atoms with E-state index in [2.05, 4.69) is 11.8 Å². The molecule has 0 aliphatic heterocycles. The zero-order valence-electron chi connectivity index (χ0n) is 12.7. The number of hydrogen-bond acceptors (Lipinski definition) is 3. The van der Waals surface area contributed by atoms with Crippen molar-refractivity contribution < 1.29 is 8.81 Å². The molecule has 0 saturated carbocycles. The van der Waals surface area contributed by atoms with Crippen LogP contribution in [0.15, 0.2) is 41.0 Å². The minimum Gasteiger partial charge on any atom is -0.467 e. The minimum atomic E-state index is -0.186. The number of halogens is 1. The number of hydrogen-bond donors (Lipinski definition) is 1. The van der Waals surface area contributed by atoms with Gasteiger partial charge in [0.15, 0.2) is 0 Å². The zero-order valence-corrected chi connectivity index (χ0v) is 12.7. The highest BCUT2D eigenvalue weighted by atomic mass is 19.1. The van der Waals surface area contributed by atoms with Crippen LogP contribution in [0, 0.1) is 5.82 Å². The molecular weight excluding hydrogens is 267 g/mol. The van der Waals surface area contributed by atoms with E-state index in [0.29, 0.717) is 18.5 Å². The quantitative estimate of drug-likeness (QED) is 0.845. The summed E-state index contributed by atoms with van der Waals surface area (Å²) in [6.07, 6.45) is 3.04. The van der Waals surface area contributed by atoms with Crippen LogP contribution in [0.25, 0.3) is 0 Å². The Bertz CT molecular complexity index is 554. The fourth-order valence-corrected chi connectivity index (χ4v) is 2.41. The van der Waals surface area contributed by atoms with Gasteiger partial charge in [0.05, 0.1) is 12.8 Å². The topological polar surface area (TPSA) is 42.4 Å². The largest absolute Gasteiger partial charge is 0.467 e. The summed E-state index contributed by atoms with van der Waals surface area (Å²) in [6, 6.07) is 8.97. The first-order valence-electron chi connectivity index (χ1n) is 7.46. The lowest BCUT2D eigenvalue weighted by Gasteiger charge is -2.26. The first-order valence-corrected chi connectivity index (χ1v) is 7.46. The minimum absolute atomic E-state index is 0.0250. The standard InChI is InChI=1S/C17H23FN2O/c1-3-13(19)11-15-16(18)8-5-9-17(15)20(4-2)12-14-7-6-10-21-14/h5-10,13H,3-4,11-12,19H2,1-2H3. The Labute approximate surface area is 125 Å². The average molecular weight is 290 g/mol. The van der Waals surface area contributed by atoms with Crippen LogP contribution in [0.3, 0.4) is 0 Å². The van der Waals surface area contributed by atoms with Gasteiger partial charge in [0.2, 0.25) is 0 Å². The Morgan fingerprint density at radius 3 is 2.67 bits per heavy atom. The highest BCUT2D eigenvalue weighted by Gasteiger charge is 2.16. The first-order chi connectivity index (χ1) is 10.2. The number of benzene rings is 1. The number of nitrogens with two attached hydrogens (primary N) is 1. The van der Waals surface area contributed by atoms with E-state index in [0.717, 1.165) is 24.4 Å². The SMILES string of the molecule is CCC(N)Cc1c(F)cccc1N(CC)Cc1ccco1. The highest BCUT2D eigenvalue weighted by molar-refractivity contribution is 5.54. The second-order valence-electron chi connectivity index (χ2n) is 5.20. The number of anilines is 1. The van der Waals surface area contributed by atoms with Gasteiger partial charge in [-0.3, -0.25) is 0 Å². The Morgan fingerprint density at radius 1 is 1.24 bits per heavy atom. The van der Waals surface area contributed by atoms with Crippen LogP contribution in [0.4, 0.5) is 10.1 Å². The Kier molecular flexibility index (Phi) is 5.39. The van der Waals surface area contributed by atoms with Crippen molar-refractivity contribution >= 4 is 5.69 Å². The fraction of sp³-hybridized carbons (Fsp3) is 0.412. The Morgan fingerprint density at radius 2 is 2.05 bits per heavy atom. The molecule has 1 unspecified atom stereocenters. The predicted octanol–water partition coefficient (Wildman–Crippen LogP) is 3.73. The number of rotatable bonds is 7. The maximum atomic E-state index is 14.2. The van der Waals surface area contributed by atoms with E-state index in [1.54, 1.807) is 12.3 Å². The van der Waals surface area contributed by atoms with Crippen LogP contribution in [0.1, 0.15) is 31.6 Å². The molecule has 0 bridgehead atoms. The molecule has 114 valence electrons. The maximum absolute atomic E-state index is 14.2. The maximum Gasteiger partial charge on any atom is 0.128 e. The van der Waals surface area contributed by atoms with Crippen molar-refractivity contribution in [2.24, 2.45) is 5.73 Å². The summed E-state index contributed by atoms with van der Waals surface area (Å²) in [4.78, 5) is 2.11. The van der Waals surface area contributed by atoms with E-state index >= 15 is 0 Å². The molecule has 3 nitrogen and oxygen atoms in total. The van der Waals surface area contributed by atoms with Crippen LogP contribution >= 0.6 is 0 Å². The predicted molar refractivity (Wildman–Crippen MR) is 83.8 cm³/mol. The molecule has 0 spiro atoms. The molecule has 2 N–H and O–H groups in total. The van der Waals surface area contributed by atoms with Crippen molar-refractivity contribution in [3.63, 3.8) is 0 Å². The molecule has 1 aromatic carbocycles. The molecule has 2 aromatic rings. The van der Waals surface area contributed by atoms with Crippen LogP contribution < -0.4 is 10.6 Å². The summed E-state index contributed by atoms with van der Waals surface area (Å²) in [7, 11) is 0. The summed E-state index contributed by atoms with van der Waals surface area (Å²) >= 11 is 0. The van der Waals surface area contributed by atoms with E-state index in [1.165, 1.54) is 6.07 Å². The van der Waals surface area contributed by atoms with Gasteiger partial charge < -0.3 is 15.1 Å². The van der Waals surface area contributed by atoms with Crippen LogP contribution in [0.2, 0.25) is 0 Å². The summed E-state index contributed by atoms with van der Waals surface area (Å²) in [6.45, 7) is 5.48. The Balaban J connectivity index is 2.29. The monoisotopic (exact) mass is 290 g/mol. The third-order valence-corrected chi connectivity index (χ3v) is 3.73. The van der Waals surface area contributed by atoms with E-state index in [-0.39, 0.29) is 11.9 Å². The normalized spacial score (nSPS) is 12.4. The molecule has 4 heteroatoms. The van der Waals surface area contributed by atoms with Crippen molar-refractivity contribution in [2.45, 2.75) is 39.3 Å². The summed E-state index contributed by atoms with van der Waals surface area (Å²) in [5, 5.41) is 0. The van der Waals surface area contributed by atoms with Crippen molar-refractivity contribution in [1.29, 1.82) is 0 Å². The molecular formula is C17H23FN2O. The van der Waals surface area contributed by atoms with Crippen LogP contribution in [-0.4, -0.2) is 12.6 Å². The van der Waals surface area contributed by atoms with Crippen molar-refractivity contribution in [1.82, 2.24) is 0 Å². The smallest absolute Gasteiger partial charge is 0.128 e. The first kappa shape index (κ1) is 15.6. The Hall–Kier alpha value is -1.81. The molecule has 0 amide bonds. The molecule has 0 aliphatic carbocycles. The molecule has 1 aromatic heterocycles. The van der Waals surface area contributed by atoms with Crippen LogP contribution in [-0.2, 0) is 13.0 Å². The third-order valence-electron chi connectivity index (χ3n) is 3.73. The summed E-state index contributed by atoms with van der Waals surface area (Å²) in [5.74, 6) is 0.682. The molecule has 1 heterocycles. The molecule has 0 aliphatic rings. The van der Waals surface area contributed by atoms with E-state index in [1.807, 2.05) is 25.1 Å². The van der Waals surface area contributed by atoms with E-state index in [9.17, 15) is 4.39 Å². The van der Waals surface area contributed by atoms with Gasteiger partial charge in [0.1, 0.15) is 11.6 Å². The van der Waals surface area contributed by atoms with Gasteiger partial charge in [-0.05, 0) is 44.0 Å². The van der Waals surface area contributed by atoms with Gasteiger partial charge in [0, 0.05) is 23.8 Å². The van der Waals surface area contributed by atoms with Crippen molar-refractivity contribution in [3.8, 4) is 0 Å². The van der Waals surface area contributed by atoms with Crippen molar-refractivity contribution in [2.75, 3.05) is 11.4 Å². The lowest BCUT2D eigenvalue weighted by molar-refractivity contribution is 0.502. The number of nitrogens with zero attached hydrogens (tertiary/aromatic N) is 1. The van der Waals surface area contributed by atoms with Gasteiger partial charge >= 0.3 is 0 Å². The van der Waals surface area contributed by atoms with Gasteiger partial charge in [-0.25, -0.2) is 4.39 Å². The molecule has 0 fully saturated rings. The zero-order chi connectivity index (χ0) is 15.2. The van der Waals surface area contributed by atoms with Gasteiger partial charge in [0.25, 0.3) is 0 Å². The lowest BCUT2D eigenvalue weighted by atomic mass is 10.0. The second kappa shape index (κ2) is 7.27. The molecule has 2 rings (SSSR count). The lowest BCUT2D eigenvalue weighted by Crippen LogP contribution is -2.27. The van der Waals surface area contributed by atoms with Gasteiger partial charge in [-0.2, -0.15) is 0 Å². The summed E-state index contributed by atoms with van der Waals surface area (Å²) in [5.41, 5.74) is 7.61. The van der Waals surface area contributed by atoms with Crippen molar-refractivity contribution in [3.05, 3.63) is 53.7 Å². The van der Waals surface area contributed by atoms with E-state index < -0.39 is 0 Å². The molecule has 1 atom stereocenters. The van der Waals surface area contributed by atoms with Gasteiger partial charge in [-0.1, -0.05) is 13.0 Å². The molecule has 0 saturated heterocycles. The molecule has 21 heavy (non-hydrogen) atoms. The fourth-order valence-electron chi connectivity index (χ4n) is 2.41. The van der Waals surface area contributed by atoms with Crippen LogP contribution in [0.5, 0.6) is 0 Å². The third kappa shape index (κ3) is 3.85. The van der Waals surface area contributed by atoms with E-state index in [4.69, 9.17) is 10.2 Å². The second-order valence-corrected chi connectivity index (χ2v) is 5.20. The average Bonchev–Trinajstić information content (AvgIpc) is 3.00. The summed E-state index contributed by atoms with van der Waals surface area (Å²) < 4.78 is 19.6. The highest BCUT2D eigenvalue weighted by Crippen LogP contribution is 2.26. The number of furan rings is 1.